The normalized spacial score (nSPS) is 27.0. The van der Waals surface area contributed by atoms with E-state index in [1.807, 2.05) is 5.32 Å². The van der Waals surface area contributed by atoms with E-state index in [9.17, 15) is 22.8 Å². The summed E-state index contributed by atoms with van der Waals surface area (Å²) in [6.45, 7) is 1.48. The molecular weight excluding hydrogens is 277 g/mol. The Labute approximate surface area is 114 Å². The highest BCUT2D eigenvalue weighted by atomic mass is 19.4. The fraction of sp³-hybridized carbons (Fsp3) is 0.818. The molecule has 20 heavy (non-hydrogen) atoms. The number of likely N-dealkylation sites (tertiary alicyclic amines) is 2. The number of carbonyl (C=O) groups excluding carboxylic acids is 2. The Bertz CT molecular complexity index is 402. The summed E-state index contributed by atoms with van der Waals surface area (Å²) in [7, 11) is 0. The second-order valence-corrected chi connectivity index (χ2v) is 5.18. The van der Waals surface area contributed by atoms with E-state index < -0.39 is 18.1 Å². The van der Waals surface area contributed by atoms with Crippen LogP contribution in [0.25, 0.3) is 0 Å². The molecule has 0 bridgehead atoms. The minimum absolute atomic E-state index is 0.0396. The number of alkyl halides is 3. The van der Waals surface area contributed by atoms with Gasteiger partial charge in [-0.1, -0.05) is 0 Å². The molecule has 6 nitrogen and oxygen atoms in total. The number of halogens is 3. The Kier molecular flexibility index (Phi) is 4.07. The highest BCUT2D eigenvalue weighted by molar-refractivity contribution is 5.82. The predicted octanol–water partition coefficient (Wildman–Crippen LogP) is -0.108. The smallest absolute Gasteiger partial charge is 0.344 e. The zero-order chi connectivity index (χ0) is 14.9. The molecule has 2 saturated heterocycles. The van der Waals surface area contributed by atoms with Crippen LogP contribution in [-0.4, -0.2) is 66.2 Å². The molecule has 2 aliphatic rings. The predicted molar refractivity (Wildman–Crippen MR) is 63.7 cm³/mol. The van der Waals surface area contributed by atoms with Gasteiger partial charge in [0.1, 0.15) is 0 Å². The lowest BCUT2D eigenvalue weighted by Gasteiger charge is -2.24. The van der Waals surface area contributed by atoms with E-state index in [2.05, 4.69) is 0 Å². The molecule has 9 heteroatoms. The first-order valence-corrected chi connectivity index (χ1v) is 6.44. The van der Waals surface area contributed by atoms with Crippen molar-refractivity contribution in [2.24, 2.45) is 5.73 Å². The molecule has 0 radical (unpaired) electrons. The lowest BCUT2D eigenvalue weighted by Crippen LogP contribution is -2.46. The molecule has 0 spiro atoms. The summed E-state index contributed by atoms with van der Waals surface area (Å²) in [6, 6.07) is -0.909. The summed E-state index contributed by atoms with van der Waals surface area (Å²) in [6.07, 6.45) is -3.83. The van der Waals surface area contributed by atoms with Gasteiger partial charge in [0, 0.05) is 38.3 Å². The number of amides is 3. The SMILES string of the molecule is NC1CCN(C(=O)N2CCC(NC(=O)C(F)(F)F)C2)C1. The standard InChI is InChI=1S/C11H17F3N4O2/c12-11(13,14)9(19)16-8-2-4-18(6-8)10(20)17-3-1-7(15)5-17/h7-8H,1-6,15H2,(H,16,19). The zero-order valence-electron chi connectivity index (χ0n) is 10.8. The fourth-order valence-electron chi connectivity index (χ4n) is 2.48. The van der Waals surface area contributed by atoms with Crippen molar-refractivity contribution in [3.63, 3.8) is 0 Å². The number of hydrogen-bond acceptors (Lipinski definition) is 3. The maximum atomic E-state index is 12.1. The molecule has 2 fully saturated rings. The van der Waals surface area contributed by atoms with Crippen LogP contribution in [0.3, 0.4) is 0 Å². The first-order valence-electron chi connectivity index (χ1n) is 6.44. The summed E-state index contributed by atoms with van der Waals surface area (Å²) in [4.78, 5) is 26.0. The third kappa shape index (κ3) is 3.33. The lowest BCUT2D eigenvalue weighted by molar-refractivity contribution is -0.174. The third-order valence-electron chi connectivity index (χ3n) is 3.55. The van der Waals surface area contributed by atoms with Crippen molar-refractivity contribution in [3.05, 3.63) is 0 Å². The van der Waals surface area contributed by atoms with Gasteiger partial charge in [-0.15, -0.1) is 0 Å². The number of hydrogen-bond donors (Lipinski definition) is 2. The number of nitrogens with zero attached hydrogens (tertiary/aromatic N) is 2. The first kappa shape index (κ1) is 14.9. The number of nitrogens with one attached hydrogen (secondary N) is 1. The first-order chi connectivity index (χ1) is 9.27. The van der Waals surface area contributed by atoms with Crippen LogP contribution in [0.1, 0.15) is 12.8 Å². The van der Waals surface area contributed by atoms with Crippen molar-refractivity contribution < 1.29 is 22.8 Å². The summed E-state index contributed by atoms with van der Waals surface area (Å²) in [5.74, 6) is -1.96. The van der Waals surface area contributed by atoms with Gasteiger partial charge >= 0.3 is 18.1 Å². The maximum Gasteiger partial charge on any atom is 0.471 e. The summed E-state index contributed by atoms with van der Waals surface area (Å²) in [5, 5.41) is 1.90. The zero-order valence-corrected chi connectivity index (χ0v) is 10.8. The van der Waals surface area contributed by atoms with Gasteiger partial charge in [-0.25, -0.2) is 4.79 Å². The molecule has 2 aliphatic heterocycles. The monoisotopic (exact) mass is 294 g/mol. The van der Waals surface area contributed by atoms with E-state index in [1.165, 1.54) is 4.90 Å². The van der Waals surface area contributed by atoms with Gasteiger partial charge in [0.25, 0.3) is 0 Å². The van der Waals surface area contributed by atoms with Crippen molar-refractivity contribution in [1.82, 2.24) is 15.1 Å². The van der Waals surface area contributed by atoms with Crippen molar-refractivity contribution in [2.45, 2.75) is 31.1 Å². The van der Waals surface area contributed by atoms with Gasteiger partial charge in [-0.3, -0.25) is 4.79 Å². The van der Waals surface area contributed by atoms with Crippen LogP contribution in [0.15, 0.2) is 0 Å². The molecule has 2 unspecified atom stereocenters. The Morgan fingerprint density at radius 2 is 1.70 bits per heavy atom. The molecule has 2 atom stereocenters. The van der Waals surface area contributed by atoms with Crippen molar-refractivity contribution in [2.75, 3.05) is 26.2 Å². The van der Waals surface area contributed by atoms with Crippen LogP contribution in [0, 0.1) is 0 Å². The molecular formula is C11H17F3N4O2. The molecule has 2 rings (SSSR count). The van der Waals surface area contributed by atoms with Crippen molar-refractivity contribution in [3.8, 4) is 0 Å². The number of nitrogens with two attached hydrogens (primary N) is 1. The molecule has 0 aromatic heterocycles. The molecule has 114 valence electrons. The van der Waals surface area contributed by atoms with E-state index in [4.69, 9.17) is 5.73 Å². The molecule has 0 saturated carbocycles. The van der Waals surface area contributed by atoms with Gasteiger partial charge in [0.05, 0.1) is 0 Å². The van der Waals surface area contributed by atoms with Crippen LogP contribution < -0.4 is 11.1 Å². The molecule has 3 N–H and O–H groups in total. The Hall–Kier alpha value is -1.51. The van der Waals surface area contributed by atoms with Gasteiger partial charge in [-0.2, -0.15) is 13.2 Å². The van der Waals surface area contributed by atoms with Gasteiger partial charge < -0.3 is 20.9 Å². The van der Waals surface area contributed by atoms with Crippen LogP contribution in [0.5, 0.6) is 0 Å². The molecule has 3 amide bonds. The Morgan fingerprint density at radius 1 is 1.10 bits per heavy atom. The minimum atomic E-state index is -4.89. The van der Waals surface area contributed by atoms with Crippen molar-refractivity contribution in [1.29, 1.82) is 0 Å². The summed E-state index contributed by atoms with van der Waals surface area (Å²) < 4.78 is 36.4. The fourth-order valence-corrected chi connectivity index (χ4v) is 2.48. The van der Waals surface area contributed by atoms with E-state index in [0.717, 1.165) is 6.42 Å². The molecule has 2 heterocycles. The molecule has 0 aliphatic carbocycles. The Morgan fingerprint density at radius 3 is 2.25 bits per heavy atom. The lowest BCUT2D eigenvalue weighted by atomic mass is 10.2. The minimum Gasteiger partial charge on any atom is -0.344 e. The van der Waals surface area contributed by atoms with Gasteiger partial charge in [0.15, 0.2) is 0 Å². The topological polar surface area (TPSA) is 78.7 Å². The average Bonchev–Trinajstić information content (AvgIpc) is 2.96. The van der Waals surface area contributed by atoms with Crippen LogP contribution in [0.4, 0.5) is 18.0 Å². The van der Waals surface area contributed by atoms with Crippen LogP contribution >= 0.6 is 0 Å². The number of carbonyl (C=O) groups is 2. The highest BCUT2D eigenvalue weighted by Crippen LogP contribution is 2.18. The average molecular weight is 294 g/mol. The van der Waals surface area contributed by atoms with Crippen molar-refractivity contribution >= 4 is 11.9 Å². The summed E-state index contributed by atoms with van der Waals surface area (Å²) in [5.41, 5.74) is 5.71. The van der Waals surface area contributed by atoms with Crippen LogP contribution in [0.2, 0.25) is 0 Å². The van der Waals surface area contributed by atoms with E-state index in [-0.39, 0.29) is 18.6 Å². The number of urea groups is 1. The molecule has 0 aromatic rings. The second-order valence-electron chi connectivity index (χ2n) is 5.18. The second kappa shape index (κ2) is 5.47. The Balaban J connectivity index is 1.83. The van der Waals surface area contributed by atoms with Gasteiger partial charge in [0.2, 0.25) is 0 Å². The van der Waals surface area contributed by atoms with E-state index in [1.54, 1.807) is 4.90 Å². The van der Waals surface area contributed by atoms with Crippen LogP contribution in [-0.2, 0) is 4.79 Å². The third-order valence-corrected chi connectivity index (χ3v) is 3.55. The maximum absolute atomic E-state index is 12.1. The quantitative estimate of drug-likeness (QED) is 0.708. The largest absolute Gasteiger partial charge is 0.471 e. The molecule has 0 aromatic carbocycles. The van der Waals surface area contributed by atoms with E-state index >= 15 is 0 Å². The van der Waals surface area contributed by atoms with E-state index in [0.29, 0.717) is 26.1 Å². The highest BCUT2D eigenvalue weighted by Gasteiger charge is 2.41. The summed E-state index contributed by atoms with van der Waals surface area (Å²) >= 11 is 0. The number of rotatable bonds is 1. The van der Waals surface area contributed by atoms with Gasteiger partial charge in [-0.05, 0) is 12.8 Å².